The van der Waals surface area contributed by atoms with Gasteiger partial charge in [0, 0.05) is 19.0 Å². The Kier molecular flexibility index (Phi) is 6.11. The van der Waals surface area contributed by atoms with E-state index in [0.717, 1.165) is 38.6 Å². The van der Waals surface area contributed by atoms with Gasteiger partial charge in [-0.1, -0.05) is 19.3 Å². The van der Waals surface area contributed by atoms with E-state index in [4.69, 9.17) is 0 Å². The molecule has 0 spiro atoms. The van der Waals surface area contributed by atoms with E-state index in [1.807, 2.05) is 0 Å². The topological polar surface area (TPSA) is 44.4 Å². The summed E-state index contributed by atoms with van der Waals surface area (Å²) in [7, 11) is 2.23. The number of rotatable bonds is 7. The Bertz CT molecular complexity index is 273. The number of amides is 1. The average Bonchev–Trinajstić information content (AvgIpc) is 2.40. The normalized spacial score (nSPS) is 21.4. The Labute approximate surface area is 117 Å². The van der Waals surface area contributed by atoms with Crippen LogP contribution in [0.3, 0.4) is 0 Å². The summed E-state index contributed by atoms with van der Waals surface area (Å²) < 4.78 is 0. The van der Waals surface area contributed by atoms with Crippen molar-refractivity contribution in [2.45, 2.75) is 51.0 Å². The van der Waals surface area contributed by atoms with E-state index in [0.29, 0.717) is 12.3 Å². The van der Waals surface area contributed by atoms with Gasteiger partial charge in [-0.15, -0.1) is 0 Å². The molecule has 2 N–H and O–H groups in total. The molecule has 19 heavy (non-hydrogen) atoms. The van der Waals surface area contributed by atoms with Gasteiger partial charge in [-0.05, 0) is 51.9 Å². The van der Waals surface area contributed by atoms with E-state index in [1.165, 1.54) is 32.1 Å². The molecule has 0 bridgehead atoms. The second-order valence-corrected chi connectivity index (χ2v) is 6.20. The molecule has 4 heteroatoms. The Morgan fingerprint density at radius 1 is 1.26 bits per heavy atom. The molecule has 4 nitrogen and oxygen atoms in total. The highest BCUT2D eigenvalue weighted by Crippen LogP contribution is 2.21. The van der Waals surface area contributed by atoms with Crippen LogP contribution < -0.4 is 10.6 Å². The molecule has 1 aliphatic carbocycles. The van der Waals surface area contributed by atoms with Gasteiger partial charge in [0.05, 0.1) is 0 Å². The molecule has 1 saturated heterocycles. The molecule has 0 aromatic rings. The number of hydrogen-bond acceptors (Lipinski definition) is 3. The lowest BCUT2D eigenvalue weighted by Crippen LogP contribution is -2.44. The molecular weight excluding hydrogens is 238 g/mol. The zero-order valence-corrected chi connectivity index (χ0v) is 12.3. The van der Waals surface area contributed by atoms with Gasteiger partial charge in [0.1, 0.15) is 0 Å². The van der Waals surface area contributed by atoms with E-state index in [9.17, 15) is 4.79 Å². The molecule has 110 valence electrons. The zero-order valence-electron chi connectivity index (χ0n) is 12.3. The van der Waals surface area contributed by atoms with Gasteiger partial charge in [0.15, 0.2) is 0 Å². The van der Waals surface area contributed by atoms with Crippen molar-refractivity contribution in [2.24, 2.45) is 5.92 Å². The summed E-state index contributed by atoms with van der Waals surface area (Å²) in [4.78, 5) is 14.1. The highest BCUT2D eigenvalue weighted by atomic mass is 16.1. The molecule has 0 unspecified atom stereocenters. The van der Waals surface area contributed by atoms with Gasteiger partial charge >= 0.3 is 0 Å². The van der Waals surface area contributed by atoms with Crippen molar-refractivity contribution in [2.75, 3.05) is 33.2 Å². The minimum Gasteiger partial charge on any atom is -0.356 e. The number of nitrogens with zero attached hydrogens (tertiary/aromatic N) is 1. The Hall–Kier alpha value is -0.610. The van der Waals surface area contributed by atoms with Crippen LogP contribution in [0.1, 0.15) is 44.9 Å². The van der Waals surface area contributed by atoms with Crippen molar-refractivity contribution in [3.63, 3.8) is 0 Å². The summed E-state index contributed by atoms with van der Waals surface area (Å²) in [5.74, 6) is 0.803. The van der Waals surface area contributed by atoms with Crippen molar-refractivity contribution in [1.29, 1.82) is 0 Å². The van der Waals surface area contributed by atoms with E-state index in [1.54, 1.807) is 0 Å². The quantitative estimate of drug-likeness (QED) is 0.685. The predicted molar refractivity (Wildman–Crippen MR) is 78.1 cm³/mol. The molecule has 0 atom stereocenters. The van der Waals surface area contributed by atoms with Crippen molar-refractivity contribution in [1.82, 2.24) is 15.5 Å². The first-order valence-electron chi connectivity index (χ1n) is 7.93. The van der Waals surface area contributed by atoms with Crippen LogP contribution >= 0.6 is 0 Å². The molecule has 1 heterocycles. The minimum absolute atomic E-state index is 0.229. The molecule has 2 aliphatic rings. The van der Waals surface area contributed by atoms with E-state index in [-0.39, 0.29) is 5.91 Å². The first-order valence-corrected chi connectivity index (χ1v) is 7.93. The third-order valence-electron chi connectivity index (χ3n) is 4.55. The first-order chi connectivity index (χ1) is 9.25. The van der Waals surface area contributed by atoms with Crippen LogP contribution in [0.15, 0.2) is 0 Å². The molecule has 2 fully saturated rings. The van der Waals surface area contributed by atoms with Gasteiger partial charge in [0.2, 0.25) is 5.91 Å². The third-order valence-corrected chi connectivity index (χ3v) is 4.55. The molecule has 1 aliphatic heterocycles. The van der Waals surface area contributed by atoms with Crippen LogP contribution in [0.2, 0.25) is 0 Å². The van der Waals surface area contributed by atoms with Gasteiger partial charge in [-0.2, -0.15) is 0 Å². The number of carbonyl (C=O) groups is 1. The largest absolute Gasteiger partial charge is 0.356 e. The maximum absolute atomic E-state index is 11.6. The molecule has 0 aromatic heterocycles. The van der Waals surface area contributed by atoms with E-state index in [2.05, 4.69) is 22.6 Å². The van der Waals surface area contributed by atoms with Crippen LogP contribution in [0.5, 0.6) is 0 Å². The second kappa shape index (κ2) is 7.85. The van der Waals surface area contributed by atoms with Crippen LogP contribution in [-0.4, -0.2) is 50.1 Å². The average molecular weight is 267 g/mol. The lowest BCUT2D eigenvalue weighted by atomic mass is 9.94. The monoisotopic (exact) mass is 267 g/mol. The molecule has 0 aromatic carbocycles. The fourth-order valence-corrected chi connectivity index (χ4v) is 3.09. The predicted octanol–water partition coefficient (Wildman–Crippen LogP) is 1.37. The molecule has 2 rings (SSSR count). The van der Waals surface area contributed by atoms with Crippen LogP contribution in [-0.2, 0) is 4.79 Å². The lowest BCUT2D eigenvalue weighted by Gasteiger charge is -2.31. The first kappa shape index (κ1) is 14.8. The second-order valence-electron chi connectivity index (χ2n) is 6.20. The third kappa shape index (κ3) is 5.11. The van der Waals surface area contributed by atoms with Gasteiger partial charge < -0.3 is 15.5 Å². The zero-order chi connectivity index (χ0) is 13.5. The fraction of sp³-hybridized carbons (Fsp3) is 0.933. The van der Waals surface area contributed by atoms with Gasteiger partial charge in [-0.25, -0.2) is 0 Å². The summed E-state index contributed by atoms with van der Waals surface area (Å²) in [5.41, 5.74) is 0. The summed E-state index contributed by atoms with van der Waals surface area (Å²) in [6, 6.07) is 0.783. The Balaban J connectivity index is 1.49. The Morgan fingerprint density at radius 2 is 2.00 bits per heavy atom. The Morgan fingerprint density at radius 3 is 2.63 bits per heavy atom. The smallest absolute Gasteiger partial charge is 0.220 e. The minimum atomic E-state index is 0.229. The van der Waals surface area contributed by atoms with Crippen LogP contribution in [0, 0.1) is 5.92 Å². The maximum Gasteiger partial charge on any atom is 0.220 e. The maximum atomic E-state index is 11.6. The van der Waals surface area contributed by atoms with Crippen LogP contribution in [0.25, 0.3) is 0 Å². The summed E-state index contributed by atoms with van der Waals surface area (Å²) in [5, 5.41) is 6.25. The molecular formula is C15H29N3O. The lowest BCUT2D eigenvalue weighted by molar-refractivity contribution is -0.122. The number of nitrogens with one attached hydrogen (secondary N) is 2. The molecule has 1 amide bonds. The highest BCUT2D eigenvalue weighted by Gasteiger charge is 2.20. The fourth-order valence-electron chi connectivity index (χ4n) is 3.09. The van der Waals surface area contributed by atoms with E-state index < -0.39 is 0 Å². The van der Waals surface area contributed by atoms with Crippen molar-refractivity contribution in [3.05, 3.63) is 0 Å². The standard InChI is InChI=1S/C15H29N3O/c1-18(14-6-3-2-4-7-14)9-5-8-17-15(19)10-13-11-16-12-13/h13-14,16H,2-12H2,1H3,(H,17,19). The summed E-state index contributed by atoms with van der Waals surface area (Å²) in [6.07, 6.45) is 8.68. The van der Waals surface area contributed by atoms with Crippen LogP contribution in [0.4, 0.5) is 0 Å². The van der Waals surface area contributed by atoms with Gasteiger partial charge in [-0.3, -0.25) is 4.79 Å². The van der Waals surface area contributed by atoms with Crippen molar-refractivity contribution >= 4 is 5.91 Å². The van der Waals surface area contributed by atoms with Crippen molar-refractivity contribution < 1.29 is 4.79 Å². The summed E-state index contributed by atoms with van der Waals surface area (Å²) >= 11 is 0. The SMILES string of the molecule is CN(CCCNC(=O)CC1CNC1)C1CCCCC1. The van der Waals surface area contributed by atoms with Crippen molar-refractivity contribution in [3.8, 4) is 0 Å². The van der Waals surface area contributed by atoms with Gasteiger partial charge in [0.25, 0.3) is 0 Å². The molecule has 0 radical (unpaired) electrons. The highest BCUT2D eigenvalue weighted by molar-refractivity contribution is 5.76. The number of carbonyl (C=O) groups excluding carboxylic acids is 1. The van der Waals surface area contributed by atoms with E-state index >= 15 is 0 Å². The summed E-state index contributed by atoms with van der Waals surface area (Å²) in [6.45, 7) is 3.96. The molecule has 1 saturated carbocycles. The number of hydrogen-bond donors (Lipinski definition) is 2.